The molecule has 0 spiro atoms. The van der Waals surface area contributed by atoms with Crippen molar-refractivity contribution in [1.82, 2.24) is 9.29 Å². The van der Waals surface area contributed by atoms with Crippen molar-refractivity contribution < 1.29 is 17.6 Å². The van der Waals surface area contributed by atoms with Gasteiger partial charge in [0.05, 0.1) is 6.54 Å². The Morgan fingerprint density at radius 1 is 1.38 bits per heavy atom. The van der Waals surface area contributed by atoms with Crippen LogP contribution in [0.4, 0.5) is 5.69 Å². The first-order valence-electron chi connectivity index (χ1n) is 8.13. The average molecular weight is 391 g/mol. The molecule has 4 rings (SSSR count). The van der Waals surface area contributed by atoms with Gasteiger partial charge in [-0.1, -0.05) is 6.07 Å². The van der Waals surface area contributed by atoms with Crippen molar-refractivity contribution in [1.29, 1.82) is 0 Å². The second-order valence-electron chi connectivity index (χ2n) is 6.25. The summed E-state index contributed by atoms with van der Waals surface area (Å²) >= 11 is 1.12. The predicted molar refractivity (Wildman–Crippen MR) is 98.7 cm³/mol. The van der Waals surface area contributed by atoms with Crippen LogP contribution in [0.2, 0.25) is 0 Å². The van der Waals surface area contributed by atoms with Crippen LogP contribution in [0.5, 0.6) is 0 Å². The molecule has 0 radical (unpaired) electrons. The fourth-order valence-corrected chi connectivity index (χ4v) is 4.91. The van der Waals surface area contributed by atoms with Gasteiger partial charge in [-0.25, -0.2) is 13.4 Å². The van der Waals surface area contributed by atoms with Crippen LogP contribution >= 0.6 is 11.3 Å². The van der Waals surface area contributed by atoms with Crippen molar-refractivity contribution >= 4 is 44.1 Å². The summed E-state index contributed by atoms with van der Waals surface area (Å²) in [6.07, 6.45) is 2.20. The monoisotopic (exact) mass is 391 g/mol. The number of carbonyl (C=O) groups is 1. The first kappa shape index (κ1) is 17.2. The molecular formula is C17H17N3O4S2. The first-order chi connectivity index (χ1) is 12.4. The van der Waals surface area contributed by atoms with E-state index in [1.54, 1.807) is 29.6 Å². The minimum absolute atomic E-state index is 0.212. The van der Waals surface area contributed by atoms with Crippen LogP contribution in [-0.2, 0) is 14.8 Å². The van der Waals surface area contributed by atoms with E-state index in [4.69, 9.17) is 4.42 Å². The highest BCUT2D eigenvalue weighted by molar-refractivity contribution is 7.91. The molecule has 1 aliphatic carbocycles. The number of rotatable bonds is 6. The molecule has 2 heterocycles. The lowest BCUT2D eigenvalue weighted by atomic mass is 10.3. The smallest absolute Gasteiger partial charge is 0.252 e. The summed E-state index contributed by atoms with van der Waals surface area (Å²) in [7, 11) is -2.27. The molecule has 0 saturated heterocycles. The number of benzene rings is 1. The van der Waals surface area contributed by atoms with Crippen LogP contribution in [0.15, 0.2) is 44.3 Å². The second-order valence-corrected chi connectivity index (χ2v) is 9.47. The fraction of sp³-hybridized carbons (Fsp3) is 0.294. The molecule has 9 heteroatoms. The molecule has 1 aromatic carbocycles. The summed E-state index contributed by atoms with van der Waals surface area (Å²) in [5.41, 5.74) is 1.92. The minimum Gasteiger partial charge on any atom is -0.440 e. The Bertz CT molecular complexity index is 1050. The van der Waals surface area contributed by atoms with E-state index in [1.165, 1.54) is 13.1 Å². The molecule has 26 heavy (non-hydrogen) atoms. The highest BCUT2D eigenvalue weighted by Crippen LogP contribution is 2.40. The number of carbonyl (C=O) groups excluding carboxylic acids is 1. The summed E-state index contributed by atoms with van der Waals surface area (Å²) in [5.74, 6) is 0.736. The number of likely N-dealkylation sites (N-methyl/N-ethyl adjacent to an activating group) is 1. The lowest BCUT2D eigenvalue weighted by Crippen LogP contribution is -2.34. The van der Waals surface area contributed by atoms with Crippen molar-refractivity contribution in [3.05, 3.63) is 41.6 Å². The summed E-state index contributed by atoms with van der Waals surface area (Å²) in [4.78, 5) is 16.7. The van der Waals surface area contributed by atoms with Gasteiger partial charge < -0.3 is 9.73 Å². The molecule has 0 atom stereocenters. The predicted octanol–water partition coefficient (Wildman–Crippen LogP) is 3.03. The normalized spacial score (nSPS) is 14.8. The number of fused-ring (bicyclic) bond motifs is 1. The first-order valence-corrected chi connectivity index (χ1v) is 10.5. The highest BCUT2D eigenvalue weighted by Gasteiger charge is 2.29. The number of sulfonamides is 1. The quantitative estimate of drug-likeness (QED) is 0.697. The maximum absolute atomic E-state index is 12.4. The summed E-state index contributed by atoms with van der Waals surface area (Å²) in [5, 5.41) is 4.40. The van der Waals surface area contributed by atoms with Gasteiger partial charge in [0, 0.05) is 18.7 Å². The maximum Gasteiger partial charge on any atom is 0.252 e. The molecule has 0 bridgehead atoms. The number of hydrogen-bond donors (Lipinski definition) is 1. The zero-order chi connectivity index (χ0) is 18.3. The van der Waals surface area contributed by atoms with Crippen molar-refractivity contribution in [2.24, 2.45) is 0 Å². The number of nitrogens with zero attached hydrogens (tertiary/aromatic N) is 2. The summed E-state index contributed by atoms with van der Waals surface area (Å²) in [6, 6.07) is 8.39. The number of thiophene rings is 1. The van der Waals surface area contributed by atoms with Gasteiger partial charge in [-0.15, -0.1) is 11.3 Å². The molecule has 1 N–H and O–H groups in total. The maximum atomic E-state index is 12.4. The molecule has 0 aliphatic heterocycles. The number of hydrogen-bond acceptors (Lipinski definition) is 6. The van der Waals surface area contributed by atoms with Gasteiger partial charge in [-0.2, -0.15) is 4.31 Å². The molecule has 7 nitrogen and oxygen atoms in total. The third-order valence-corrected chi connectivity index (χ3v) is 7.32. The molecule has 1 saturated carbocycles. The van der Waals surface area contributed by atoms with Gasteiger partial charge in [0.2, 0.25) is 5.91 Å². The van der Waals surface area contributed by atoms with Gasteiger partial charge in [-0.05, 0) is 42.5 Å². The minimum atomic E-state index is -3.65. The van der Waals surface area contributed by atoms with E-state index in [0.717, 1.165) is 34.4 Å². The van der Waals surface area contributed by atoms with Gasteiger partial charge >= 0.3 is 0 Å². The number of aromatic nitrogens is 1. The second kappa shape index (κ2) is 6.49. The Morgan fingerprint density at radius 3 is 2.88 bits per heavy atom. The SMILES string of the molecule is CN(CC(=O)Nc1ccc2oc(C3CC3)nc2c1)S(=O)(=O)c1cccs1. The number of amides is 1. The van der Waals surface area contributed by atoms with Crippen molar-refractivity contribution in [2.45, 2.75) is 23.0 Å². The Morgan fingerprint density at radius 2 is 2.19 bits per heavy atom. The molecule has 1 amide bonds. The van der Waals surface area contributed by atoms with Gasteiger partial charge in [-0.3, -0.25) is 4.79 Å². The third kappa shape index (κ3) is 3.37. The van der Waals surface area contributed by atoms with Crippen LogP contribution < -0.4 is 5.32 Å². The van der Waals surface area contributed by atoms with E-state index in [2.05, 4.69) is 10.3 Å². The lowest BCUT2D eigenvalue weighted by molar-refractivity contribution is -0.116. The van der Waals surface area contributed by atoms with E-state index >= 15 is 0 Å². The van der Waals surface area contributed by atoms with Gasteiger partial charge in [0.25, 0.3) is 10.0 Å². The van der Waals surface area contributed by atoms with Gasteiger partial charge in [0.15, 0.2) is 11.5 Å². The molecular weight excluding hydrogens is 374 g/mol. The number of anilines is 1. The Kier molecular flexibility index (Phi) is 4.29. The number of nitrogens with one attached hydrogen (secondary N) is 1. The average Bonchev–Trinajstić information content (AvgIpc) is 3.12. The van der Waals surface area contributed by atoms with Crippen LogP contribution in [0.25, 0.3) is 11.1 Å². The zero-order valence-electron chi connectivity index (χ0n) is 14.0. The summed E-state index contributed by atoms with van der Waals surface area (Å²) < 4.78 is 31.7. The van der Waals surface area contributed by atoms with Crippen LogP contribution in [0.3, 0.4) is 0 Å². The van der Waals surface area contributed by atoms with Crippen LogP contribution in [0, 0.1) is 0 Å². The molecule has 3 aromatic rings. The number of oxazole rings is 1. The van der Waals surface area contributed by atoms with E-state index in [-0.39, 0.29) is 10.8 Å². The van der Waals surface area contributed by atoms with Crippen molar-refractivity contribution in [2.75, 3.05) is 18.9 Å². The zero-order valence-corrected chi connectivity index (χ0v) is 15.6. The Hall–Kier alpha value is -2.23. The Balaban J connectivity index is 1.45. The molecule has 0 unspecified atom stereocenters. The van der Waals surface area contributed by atoms with Crippen molar-refractivity contribution in [3.63, 3.8) is 0 Å². The highest BCUT2D eigenvalue weighted by atomic mass is 32.2. The lowest BCUT2D eigenvalue weighted by Gasteiger charge is -2.15. The van der Waals surface area contributed by atoms with Gasteiger partial charge in [0.1, 0.15) is 9.73 Å². The Labute approximate surface area is 154 Å². The van der Waals surface area contributed by atoms with E-state index in [1.807, 2.05) is 0 Å². The molecule has 2 aromatic heterocycles. The van der Waals surface area contributed by atoms with E-state index in [0.29, 0.717) is 22.7 Å². The molecule has 136 valence electrons. The summed E-state index contributed by atoms with van der Waals surface area (Å²) in [6.45, 7) is -0.273. The largest absolute Gasteiger partial charge is 0.440 e. The van der Waals surface area contributed by atoms with E-state index in [9.17, 15) is 13.2 Å². The van der Waals surface area contributed by atoms with E-state index < -0.39 is 15.9 Å². The molecule has 1 aliphatic rings. The fourth-order valence-electron chi connectivity index (χ4n) is 2.58. The van der Waals surface area contributed by atoms with Crippen molar-refractivity contribution in [3.8, 4) is 0 Å². The van der Waals surface area contributed by atoms with Crippen LogP contribution in [-0.4, -0.2) is 37.2 Å². The standard InChI is InChI=1S/C17H17N3O4S2/c1-20(26(22,23)16-3-2-8-25-16)10-15(21)18-12-6-7-14-13(9-12)19-17(24-14)11-4-5-11/h2-3,6-9,11H,4-5,10H2,1H3,(H,18,21). The van der Waals surface area contributed by atoms with Crippen LogP contribution in [0.1, 0.15) is 24.7 Å². The third-order valence-electron chi connectivity index (χ3n) is 4.14. The molecule has 1 fully saturated rings. The topological polar surface area (TPSA) is 92.5 Å².